The summed E-state index contributed by atoms with van der Waals surface area (Å²) >= 11 is 0. The van der Waals surface area contributed by atoms with E-state index in [0.29, 0.717) is 25.9 Å². The highest BCUT2D eigenvalue weighted by Gasteiger charge is 2.46. The summed E-state index contributed by atoms with van der Waals surface area (Å²) in [6.45, 7) is 3.14. The van der Waals surface area contributed by atoms with Crippen molar-refractivity contribution < 1.29 is 14.7 Å². The van der Waals surface area contributed by atoms with Crippen molar-refractivity contribution in [1.29, 1.82) is 0 Å². The molecule has 0 radical (unpaired) electrons. The van der Waals surface area contributed by atoms with Gasteiger partial charge in [0, 0.05) is 18.5 Å². The average Bonchev–Trinajstić information content (AvgIpc) is 3.03. The normalized spacial score (nSPS) is 22.7. The number of rotatable bonds is 3. The zero-order valence-electron chi connectivity index (χ0n) is 13.8. The Balaban J connectivity index is 1.76. The van der Waals surface area contributed by atoms with Crippen LogP contribution in [0.1, 0.15) is 51.0 Å². The van der Waals surface area contributed by atoms with Crippen molar-refractivity contribution in [3.05, 3.63) is 35.9 Å². The van der Waals surface area contributed by atoms with Crippen LogP contribution in [0, 0.1) is 5.41 Å². The minimum atomic E-state index is -0.853. The van der Waals surface area contributed by atoms with Gasteiger partial charge >= 0.3 is 5.97 Å². The van der Waals surface area contributed by atoms with Gasteiger partial charge in [-0.2, -0.15) is 0 Å². The summed E-state index contributed by atoms with van der Waals surface area (Å²) in [5.41, 5.74) is -0.225. The van der Waals surface area contributed by atoms with Crippen LogP contribution in [0.2, 0.25) is 0 Å². The number of piperidine rings is 1. The molecular weight excluding hydrogens is 290 g/mol. The van der Waals surface area contributed by atoms with Crippen LogP contribution < -0.4 is 0 Å². The lowest BCUT2D eigenvalue weighted by Gasteiger charge is -2.41. The van der Waals surface area contributed by atoms with Gasteiger partial charge in [0.15, 0.2) is 0 Å². The Morgan fingerprint density at radius 3 is 2.09 bits per heavy atom. The Morgan fingerprint density at radius 2 is 1.57 bits per heavy atom. The molecule has 124 valence electrons. The molecule has 0 spiro atoms. The van der Waals surface area contributed by atoms with E-state index in [1.54, 1.807) is 0 Å². The van der Waals surface area contributed by atoms with Crippen LogP contribution in [0.4, 0.5) is 0 Å². The Labute approximate surface area is 137 Å². The molecule has 23 heavy (non-hydrogen) atoms. The van der Waals surface area contributed by atoms with E-state index in [0.717, 1.165) is 31.2 Å². The van der Waals surface area contributed by atoms with Crippen molar-refractivity contribution in [1.82, 2.24) is 4.90 Å². The van der Waals surface area contributed by atoms with E-state index in [2.05, 4.69) is 6.92 Å². The third-order valence-electron chi connectivity index (χ3n) is 5.86. The van der Waals surface area contributed by atoms with Crippen LogP contribution in [-0.4, -0.2) is 35.0 Å². The van der Waals surface area contributed by atoms with E-state index in [-0.39, 0.29) is 11.3 Å². The molecule has 4 nitrogen and oxygen atoms in total. The fourth-order valence-electron chi connectivity index (χ4n) is 4.23. The first-order valence-corrected chi connectivity index (χ1v) is 8.56. The molecule has 1 heterocycles. The molecule has 3 rings (SSSR count). The average molecular weight is 315 g/mol. The number of amides is 1. The second-order valence-electron chi connectivity index (χ2n) is 7.31. The summed E-state index contributed by atoms with van der Waals surface area (Å²) in [4.78, 5) is 26.7. The summed E-state index contributed by atoms with van der Waals surface area (Å²) in [7, 11) is 0. The molecule has 4 heteroatoms. The van der Waals surface area contributed by atoms with Crippen molar-refractivity contribution in [2.45, 2.75) is 50.9 Å². The van der Waals surface area contributed by atoms with Crippen molar-refractivity contribution in [2.24, 2.45) is 5.41 Å². The number of nitrogens with zero attached hydrogens (tertiary/aromatic N) is 1. The first kappa shape index (κ1) is 16.0. The van der Waals surface area contributed by atoms with Gasteiger partial charge in [0.25, 0.3) is 0 Å². The van der Waals surface area contributed by atoms with Crippen LogP contribution in [0.5, 0.6) is 0 Å². The maximum Gasteiger partial charge on any atom is 0.314 e. The minimum Gasteiger partial charge on any atom is -0.481 e. The summed E-state index contributed by atoms with van der Waals surface area (Å²) in [6, 6.07) is 9.46. The standard InChI is InChI=1S/C19H25NO3/c1-18(9-5-6-10-18)16(21)20-13-11-19(12-14-20,17(22)23)15-7-3-2-4-8-15/h2-4,7-8H,5-6,9-14H2,1H3,(H,22,23). The lowest BCUT2D eigenvalue weighted by molar-refractivity contribution is -0.151. The Hall–Kier alpha value is -1.84. The Kier molecular flexibility index (Phi) is 4.17. The van der Waals surface area contributed by atoms with Gasteiger partial charge in [-0.1, -0.05) is 50.1 Å². The molecule has 1 saturated carbocycles. The second kappa shape index (κ2) is 5.99. The van der Waals surface area contributed by atoms with E-state index < -0.39 is 11.4 Å². The van der Waals surface area contributed by atoms with E-state index in [4.69, 9.17) is 0 Å². The number of carboxylic acid groups (broad SMARTS) is 1. The maximum absolute atomic E-state index is 12.8. The predicted octanol–water partition coefficient (Wildman–Crippen LogP) is 3.21. The van der Waals surface area contributed by atoms with E-state index in [1.165, 1.54) is 0 Å². The number of carbonyl (C=O) groups excluding carboxylic acids is 1. The largest absolute Gasteiger partial charge is 0.481 e. The monoisotopic (exact) mass is 315 g/mol. The van der Waals surface area contributed by atoms with Crippen LogP contribution in [-0.2, 0) is 15.0 Å². The van der Waals surface area contributed by atoms with E-state index in [9.17, 15) is 14.7 Å². The highest BCUT2D eigenvalue weighted by Crippen LogP contribution is 2.42. The molecule has 0 unspecified atom stereocenters. The molecule has 1 amide bonds. The van der Waals surface area contributed by atoms with Crippen LogP contribution in [0.15, 0.2) is 30.3 Å². The molecule has 1 aliphatic heterocycles. The SMILES string of the molecule is CC1(C(=O)N2CCC(C(=O)O)(c3ccccc3)CC2)CCCC1. The van der Waals surface area contributed by atoms with Crippen LogP contribution in [0.3, 0.4) is 0 Å². The number of hydrogen-bond donors (Lipinski definition) is 1. The van der Waals surface area contributed by atoms with Crippen molar-refractivity contribution >= 4 is 11.9 Å². The molecule has 1 saturated heterocycles. The lowest BCUT2D eigenvalue weighted by atomic mass is 9.72. The highest BCUT2D eigenvalue weighted by molar-refractivity contribution is 5.85. The van der Waals surface area contributed by atoms with Gasteiger partial charge in [-0.15, -0.1) is 0 Å². The molecule has 2 fully saturated rings. The number of carbonyl (C=O) groups is 2. The van der Waals surface area contributed by atoms with Gasteiger partial charge in [-0.3, -0.25) is 9.59 Å². The topological polar surface area (TPSA) is 57.6 Å². The minimum absolute atomic E-state index is 0.224. The van der Waals surface area contributed by atoms with Gasteiger partial charge in [-0.05, 0) is 31.2 Å². The van der Waals surface area contributed by atoms with Gasteiger partial charge in [0.05, 0.1) is 5.41 Å². The summed E-state index contributed by atoms with van der Waals surface area (Å²) < 4.78 is 0. The van der Waals surface area contributed by atoms with Gasteiger partial charge in [-0.25, -0.2) is 0 Å². The molecule has 2 aliphatic rings. The molecule has 0 bridgehead atoms. The Bertz CT molecular complexity index is 582. The molecule has 0 aromatic heterocycles. The number of benzene rings is 1. The third-order valence-corrected chi connectivity index (χ3v) is 5.86. The molecule has 1 N–H and O–H groups in total. The van der Waals surface area contributed by atoms with Crippen molar-refractivity contribution in [3.63, 3.8) is 0 Å². The van der Waals surface area contributed by atoms with Gasteiger partial charge in [0.2, 0.25) is 5.91 Å². The first-order valence-electron chi connectivity index (χ1n) is 8.56. The lowest BCUT2D eigenvalue weighted by Crippen LogP contribution is -2.51. The predicted molar refractivity (Wildman–Crippen MR) is 88.1 cm³/mol. The summed E-state index contributed by atoms with van der Waals surface area (Å²) in [5, 5.41) is 9.83. The van der Waals surface area contributed by atoms with E-state index in [1.807, 2.05) is 35.2 Å². The van der Waals surface area contributed by atoms with Crippen LogP contribution in [0.25, 0.3) is 0 Å². The highest BCUT2D eigenvalue weighted by atomic mass is 16.4. The smallest absolute Gasteiger partial charge is 0.314 e. The molecule has 0 atom stereocenters. The molecule has 1 aliphatic carbocycles. The number of likely N-dealkylation sites (tertiary alicyclic amines) is 1. The quantitative estimate of drug-likeness (QED) is 0.932. The summed E-state index contributed by atoms with van der Waals surface area (Å²) in [5.74, 6) is -0.551. The van der Waals surface area contributed by atoms with Crippen LogP contribution >= 0.6 is 0 Å². The van der Waals surface area contributed by atoms with Gasteiger partial charge < -0.3 is 10.0 Å². The maximum atomic E-state index is 12.8. The number of carboxylic acids is 1. The fourth-order valence-corrected chi connectivity index (χ4v) is 4.23. The zero-order valence-corrected chi connectivity index (χ0v) is 13.8. The second-order valence-corrected chi connectivity index (χ2v) is 7.31. The fraction of sp³-hybridized carbons (Fsp3) is 0.579. The third kappa shape index (κ3) is 2.75. The van der Waals surface area contributed by atoms with Crippen molar-refractivity contribution in [3.8, 4) is 0 Å². The van der Waals surface area contributed by atoms with E-state index >= 15 is 0 Å². The Morgan fingerprint density at radius 1 is 1.00 bits per heavy atom. The molecular formula is C19H25NO3. The number of hydrogen-bond acceptors (Lipinski definition) is 2. The molecule has 1 aromatic rings. The zero-order chi connectivity index (χ0) is 16.5. The van der Waals surface area contributed by atoms with Crippen molar-refractivity contribution in [2.75, 3.05) is 13.1 Å². The summed E-state index contributed by atoms with van der Waals surface area (Å²) in [6.07, 6.45) is 5.16. The first-order chi connectivity index (χ1) is 11.0. The van der Waals surface area contributed by atoms with Gasteiger partial charge in [0.1, 0.15) is 0 Å². The number of aliphatic carboxylic acids is 1. The molecule has 1 aromatic carbocycles.